The van der Waals surface area contributed by atoms with E-state index >= 15 is 0 Å². The molecule has 0 aromatic carbocycles. The predicted octanol–water partition coefficient (Wildman–Crippen LogP) is 2.03. The van der Waals surface area contributed by atoms with E-state index in [9.17, 15) is 4.79 Å². The van der Waals surface area contributed by atoms with Crippen molar-refractivity contribution in [2.24, 2.45) is 5.92 Å². The summed E-state index contributed by atoms with van der Waals surface area (Å²) in [5.74, 6) is 3.46. The lowest BCUT2D eigenvalue weighted by molar-refractivity contribution is -0.135. The van der Waals surface area contributed by atoms with Gasteiger partial charge in [0.1, 0.15) is 0 Å². The topological polar surface area (TPSA) is 49.3 Å². The molecule has 0 N–H and O–H groups in total. The molecule has 0 bridgehead atoms. The first-order valence-corrected chi connectivity index (χ1v) is 9.28. The monoisotopic (exact) mass is 370 g/mol. The van der Waals surface area contributed by atoms with E-state index in [1.807, 2.05) is 16.7 Å². The van der Waals surface area contributed by atoms with Crippen molar-refractivity contribution in [2.75, 3.05) is 42.6 Å². The molecular formula is C14H19BrN4OS. The summed E-state index contributed by atoms with van der Waals surface area (Å²) >= 11 is 5.29. The predicted molar refractivity (Wildman–Crippen MR) is 88.6 cm³/mol. The lowest BCUT2D eigenvalue weighted by atomic mass is 9.95. The molecule has 0 aliphatic carbocycles. The number of nitrogens with zero attached hydrogens (tertiary/aromatic N) is 4. The van der Waals surface area contributed by atoms with Crippen LogP contribution < -0.4 is 4.90 Å². The number of hydrogen-bond donors (Lipinski definition) is 0. The number of amides is 1. The fourth-order valence-electron chi connectivity index (χ4n) is 2.84. The average Bonchev–Trinajstić information content (AvgIpc) is 2.56. The van der Waals surface area contributed by atoms with Gasteiger partial charge in [-0.3, -0.25) is 4.79 Å². The lowest BCUT2D eigenvalue weighted by Crippen LogP contribution is -2.45. The zero-order valence-corrected chi connectivity index (χ0v) is 14.3. The highest BCUT2D eigenvalue weighted by Crippen LogP contribution is 2.24. The molecule has 1 aromatic heterocycles. The zero-order chi connectivity index (χ0) is 14.7. The Morgan fingerprint density at radius 2 is 1.76 bits per heavy atom. The van der Waals surface area contributed by atoms with Crippen LogP contribution in [0.15, 0.2) is 16.9 Å². The van der Waals surface area contributed by atoms with E-state index in [0.717, 1.165) is 60.9 Å². The van der Waals surface area contributed by atoms with Crippen LogP contribution in [0, 0.1) is 5.92 Å². The zero-order valence-electron chi connectivity index (χ0n) is 11.9. The van der Waals surface area contributed by atoms with Gasteiger partial charge < -0.3 is 9.80 Å². The summed E-state index contributed by atoms with van der Waals surface area (Å²) in [6, 6.07) is 0. The summed E-state index contributed by atoms with van der Waals surface area (Å²) in [5.41, 5.74) is 0. The minimum absolute atomic E-state index is 0.180. The Bertz CT molecular complexity index is 484. The molecule has 1 amide bonds. The standard InChI is InChI=1S/C14H19BrN4OS/c15-12-9-16-14(17-10-12)19-3-1-11(2-4-19)13(20)18-5-7-21-8-6-18/h9-11H,1-8H2. The van der Waals surface area contributed by atoms with E-state index in [2.05, 4.69) is 30.8 Å². The summed E-state index contributed by atoms with van der Waals surface area (Å²) in [6.45, 7) is 3.56. The number of aromatic nitrogens is 2. The van der Waals surface area contributed by atoms with Crippen LogP contribution >= 0.6 is 27.7 Å². The van der Waals surface area contributed by atoms with Crippen LogP contribution in [0.5, 0.6) is 0 Å². The number of anilines is 1. The van der Waals surface area contributed by atoms with Gasteiger partial charge >= 0.3 is 0 Å². The summed E-state index contributed by atoms with van der Waals surface area (Å²) in [4.78, 5) is 25.4. The Morgan fingerprint density at radius 3 is 2.38 bits per heavy atom. The minimum Gasteiger partial charge on any atom is -0.341 e. The number of piperidine rings is 1. The molecule has 2 aliphatic heterocycles. The van der Waals surface area contributed by atoms with E-state index in [0.29, 0.717) is 5.91 Å². The summed E-state index contributed by atoms with van der Waals surface area (Å²) in [5, 5.41) is 0. The molecule has 0 radical (unpaired) electrons. The molecule has 2 aliphatic rings. The van der Waals surface area contributed by atoms with Crippen LogP contribution in [0.2, 0.25) is 0 Å². The number of rotatable bonds is 2. The van der Waals surface area contributed by atoms with E-state index in [-0.39, 0.29) is 5.92 Å². The van der Waals surface area contributed by atoms with Crippen molar-refractivity contribution >= 4 is 39.5 Å². The molecule has 0 unspecified atom stereocenters. The normalized spacial score (nSPS) is 20.6. The summed E-state index contributed by atoms with van der Waals surface area (Å²) in [6.07, 6.45) is 5.35. The van der Waals surface area contributed by atoms with Crippen molar-refractivity contribution < 1.29 is 4.79 Å². The Labute approximate surface area is 137 Å². The van der Waals surface area contributed by atoms with Crippen LogP contribution in [-0.2, 0) is 4.79 Å². The summed E-state index contributed by atoms with van der Waals surface area (Å²) < 4.78 is 0.888. The second kappa shape index (κ2) is 6.96. The van der Waals surface area contributed by atoms with E-state index in [1.54, 1.807) is 12.4 Å². The van der Waals surface area contributed by atoms with Crippen molar-refractivity contribution in [3.8, 4) is 0 Å². The SMILES string of the molecule is O=C(C1CCN(c2ncc(Br)cn2)CC1)N1CCSCC1. The van der Waals surface area contributed by atoms with Gasteiger partial charge in [0.2, 0.25) is 11.9 Å². The van der Waals surface area contributed by atoms with Gasteiger partial charge in [-0.25, -0.2) is 9.97 Å². The molecule has 21 heavy (non-hydrogen) atoms. The first-order valence-electron chi connectivity index (χ1n) is 7.33. The highest BCUT2D eigenvalue weighted by atomic mass is 79.9. The third-order valence-electron chi connectivity index (χ3n) is 4.06. The molecule has 1 aromatic rings. The molecule has 2 fully saturated rings. The van der Waals surface area contributed by atoms with Gasteiger partial charge in [0.05, 0.1) is 4.47 Å². The maximum absolute atomic E-state index is 12.5. The van der Waals surface area contributed by atoms with Crippen LogP contribution in [0.3, 0.4) is 0 Å². The number of carbonyl (C=O) groups is 1. The largest absolute Gasteiger partial charge is 0.341 e. The molecule has 0 atom stereocenters. The van der Waals surface area contributed by atoms with Crippen molar-refractivity contribution in [3.63, 3.8) is 0 Å². The number of carbonyl (C=O) groups excluding carboxylic acids is 1. The molecule has 5 nitrogen and oxygen atoms in total. The number of thioether (sulfide) groups is 1. The van der Waals surface area contributed by atoms with E-state index in [1.165, 1.54) is 0 Å². The van der Waals surface area contributed by atoms with Crippen LogP contribution in [0.4, 0.5) is 5.95 Å². The smallest absolute Gasteiger partial charge is 0.225 e. The first-order chi connectivity index (χ1) is 10.2. The molecule has 0 spiro atoms. The molecule has 2 saturated heterocycles. The molecule has 114 valence electrons. The third kappa shape index (κ3) is 3.69. The second-order valence-corrected chi connectivity index (χ2v) is 7.54. The quantitative estimate of drug-likeness (QED) is 0.796. The molecular weight excluding hydrogens is 352 g/mol. The Morgan fingerprint density at radius 1 is 1.14 bits per heavy atom. The number of halogens is 1. The third-order valence-corrected chi connectivity index (χ3v) is 5.41. The van der Waals surface area contributed by atoms with Gasteiger partial charge in [-0.2, -0.15) is 11.8 Å². The van der Waals surface area contributed by atoms with Gasteiger partial charge in [0, 0.05) is 56.0 Å². The number of hydrogen-bond acceptors (Lipinski definition) is 5. The maximum Gasteiger partial charge on any atom is 0.225 e. The van der Waals surface area contributed by atoms with Crippen LogP contribution in [-0.4, -0.2) is 58.5 Å². The van der Waals surface area contributed by atoms with Gasteiger partial charge in [-0.15, -0.1) is 0 Å². The van der Waals surface area contributed by atoms with Gasteiger partial charge in [0.25, 0.3) is 0 Å². The van der Waals surface area contributed by atoms with Gasteiger partial charge in [-0.05, 0) is 28.8 Å². The molecule has 3 heterocycles. The fraction of sp³-hybridized carbons (Fsp3) is 0.643. The van der Waals surface area contributed by atoms with Gasteiger partial charge in [0.15, 0.2) is 0 Å². The van der Waals surface area contributed by atoms with Crippen molar-refractivity contribution in [1.82, 2.24) is 14.9 Å². The Balaban J connectivity index is 1.54. The van der Waals surface area contributed by atoms with Crippen molar-refractivity contribution in [2.45, 2.75) is 12.8 Å². The Kier molecular flexibility index (Phi) is 5.00. The molecule has 7 heteroatoms. The first kappa shape index (κ1) is 15.1. The summed E-state index contributed by atoms with van der Waals surface area (Å²) in [7, 11) is 0. The second-order valence-electron chi connectivity index (χ2n) is 5.40. The Hall–Kier alpha value is -0.820. The van der Waals surface area contributed by atoms with E-state index < -0.39 is 0 Å². The lowest BCUT2D eigenvalue weighted by Gasteiger charge is -2.35. The highest BCUT2D eigenvalue weighted by molar-refractivity contribution is 9.10. The average molecular weight is 371 g/mol. The minimum atomic E-state index is 0.180. The van der Waals surface area contributed by atoms with Crippen LogP contribution in [0.1, 0.15) is 12.8 Å². The molecule has 0 saturated carbocycles. The highest BCUT2D eigenvalue weighted by Gasteiger charge is 2.29. The van der Waals surface area contributed by atoms with Crippen LogP contribution in [0.25, 0.3) is 0 Å². The van der Waals surface area contributed by atoms with Crippen molar-refractivity contribution in [1.29, 1.82) is 0 Å². The van der Waals surface area contributed by atoms with Gasteiger partial charge in [-0.1, -0.05) is 0 Å². The fourth-order valence-corrected chi connectivity index (χ4v) is 3.94. The molecule has 3 rings (SSSR count). The van der Waals surface area contributed by atoms with Crippen molar-refractivity contribution in [3.05, 3.63) is 16.9 Å². The maximum atomic E-state index is 12.5. The van der Waals surface area contributed by atoms with E-state index in [4.69, 9.17) is 0 Å².